The predicted octanol–water partition coefficient (Wildman–Crippen LogP) is 3.03. The van der Waals surface area contributed by atoms with Crippen LogP contribution in [-0.2, 0) is 20.0 Å². The summed E-state index contributed by atoms with van der Waals surface area (Å²) in [5.74, 6) is -1.91. The van der Waals surface area contributed by atoms with Crippen LogP contribution in [0, 0.1) is 0 Å². The van der Waals surface area contributed by atoms with Crippen molar-refractivity contribution in [3.63, 3.8) is 0 Å². The largest absolute Gasteiger partial charge is 0.506 e. The molecule has 0 saturated heterocycles. The number of carboxylic acids is 1. The van der Waals surface area contributed by atoms with Crippen LogP contribution in [0.3, 0.4) is 0 Å². The Balaban J connectivity index is 0.00000280. The molecule has 0 unspecified atom stereocenters. The van der Waals surface area contributed by atoms with Crippen LogP contribution in [-0.4, -0.2) is 32.3 Å². The quantitative estimate of drug-likeness (QED) is 0.504. The van der Waals surface area contributed by atoms with Crippen LogP contribution in [0.5, 0.6) is 5.75 Å². The number of aromatic nitrogens is 2. The third kappa shape index (κ3) is 3.63. The molecule has 3 aromatic rings. The van der Waals surface area contributed by atoms with Gasteiger partial charge in [0.2, 0.25) is 0 Å². The third-order valence-electron chi connectivity index (χ3n) is 4.84. The predicted molar refractivity (Wildman–Crippen MR) is 112 cm³/mol. The molecule has 0 aliphatic rings. The average molecular weight is 406 g/mol. The first-order chi connectivity index (χ1) is 12.9. The van der Waals surface area contributed by atoms with Crippen molar-refractivity contribution in [3.05, 3.63) is 51.4 Å². The molecule has 0 saturated carbocycles. The number of nitrogens with zero attached hydrogens (tertiary/aromatic N) is 1. The maximum absolute atomic E-state index is 12.2. The molecule has 1 aromatic carbocycles. The number of H-pyrrole nitrogens is 1. The molecule has 0 fully saturated rings. The summed E-state index contributed by atoms with van der Waals surface area (Å²) >= 11 is 0. The molecule has 2 heterocycles. The summed E-state index contributed by atoms with van der Waals surface area (Å²) < 4.78 is 2.11. The first-order valence-corrected chi connectivity index (χ1v) is 8.89. The van der Waals surface area contributed by atoms with Gasteiger partial charge >= 0.3 is 5.97 Å². The number of rotatable bonds is 6. The molecule has 4 N–H and O–H groups in total. The Morgan fingerprint density at radius 2 is 1.96 bits per heavy atom. The number of hydrogen-bond acceptors (Lipinski definition) is 4. The second-order valence-corrected chi connectivity index (χ2v) is 6.44. The molecule has 150 valence electrons. The first kappa shape index (κ1) is 21.5. The second kappa shape index (κ2) is 8.50. The fraction of sp³-hybridized carbons (Fsp3) is 0.300. The Morgan fingerprint density at radius 1 is 1.25 bits per heavy atom. The summed E-state index contributed by atoms with van der Waals surface area (Å²) in [4.78, 5) is 26.1. The molecule has 0 aliphatic carbocycles. The molecule has 8 heteroatoms. The number of aromatic amines is 1. The minimum absolute atomic E-state index is 0. The number of benzene rings is 1. The van der Waals surface area contributed by atoms with Gasteiger partial charge in [0.1, 0.15) is 5.75 Å². The van der Waals surface area contributed by atoms with E-state index in [4.69, 9.17) is 0 Å². The molecule has 2 aromatic heterocycles. The van der Waals surface area contributed by atoms with E-state index in [9.17, 15) is 19.8 Å². The topological polar surface area (TPSA) is 107 Å². The zero-order chi connectivity index (χ0) is 19.7. The number of halogens is 1. The van der Waals surface area contributed by atoms with Crippen LogP contribution in [0.25, 0.3) is 22.2 Å². The highest BCUT2D eigenvalue weighted by Gasteiger charge is 2.22. The summed E-state index contributed by atoms with van der Waals surface area (Å²) in [5, 5.41) is 23.8. The van der Waals surface area contributed by atoms with Crippen molar-refractivity contribution in [1.29, 1.82) is 0 Å². The normalized spacial score (nSPS) is 10.8. The average Bonchev–Trinajstić information content (AvgIpc) is 2.94. The highest BCUT2D eigenvalue weighted by atomic mass is 35.5. The van der Waals surface area contributed by atoms with E-state index in [1.807, 2.05) is 25.2 Å². The fourth-order valence-electron chi connectivity index (χ4n) is 3.40. The highest BCUT2D eigenvalue weighted by molar-refractivity contribution is 5.92. The van der Waals surface area contributed by atoms with Gasteiger partial charge in [-0.1, -0.05) is 19.9 Å². The second-order valence-electron chi connectivity index (χ2n) is 6.44. The van der Waals surface area contributed by atoms with Crippen LogP contribution in [0.15, 0.2) is 29.1 Å². The molecule has 0 radical (unpaired) electrons. The van der Waals surface area contributed by atoms with Gasteiger partial charge in [0.15, 0.2) is 5.56 Å². The van der Waals surface area contributed by atoms with Crippen molar-refractivity contribution in [2.24, 2.45) is 7.05 Å². The Bertz CT molecular complexity index is 1090. The van der Waals surface area contributed by atoms with Crippen molar-refractivity contribution < 1.29 is 15.0 Å². The summed E-state index contributed by atoms with van der Waals surface area (Å²) in [7, 11) is 2.00. The Labute approximate surface area is 168 Å². The lowest BCUT2D eigenvalue weighted by Gasteiger charge is -2.12. The molecule has 0 aliphatic heterocycles. The molecular weight excluding hydrogens is 382 g/mol. The molecule has 0 amide bonds. The van der Waals surface area contributed by atoms with E-state index in [2.05, 4.69) is 27.9 Å². The Kier molecular flexibility index (Phi) is 6.53. The summed E-state index contributed by atoms with van der Waals surface area (Å²) in [6.07, 6.45) is 0.386. The van der Waals surface area contributed by atoms with Gasteiger partial charge in [-0.3, -0.25) is 4.79 Å². The third-order valence-corrected chi connectivity index (χ3v) is 4.84. The standard InChI is InChI=1S/C20H23N3O4.ClH/c1-4-14-17(22-19(25)16(18(14)24)20(26)27)11-6-7-15-12(8-11)9-13(23(15)3)10-21-5-2;/h6-9,21H,4-5,10H2,1-3H3,(H,26,27)(H2,22,24,25);1H. The monoisotopic (exact) mass is 405 g/mol. The fourth-order valence-corrected chi connectivity index (χ4v) is 3.40. The number of aromatic hydroxyl groups is 1. The van der Waals surface area contributed by atoms with Crippen LogP contribution in [0.1, 0.15) is 35.5 Å². The van der Waals surface area contributed by atoms with Crippen molar-refractivity contribution in [2.45, 2.75) is 26.8 Å². The number of hydrogen-bond donors (Lipinski definition) is 4. The maximum Gasteiger partial charge on any atom is 0.345 e. The number of fused-ring (bicyclic) bond motifs is 1. The SMILES string of the molecule is CCNCc1cc2cc(-c3[nH]c(=O)c(C(=O)O)c(O)c3CC)ccc2n1C.Cl. The van der Waals surface area contributed by atoms with E-state index in [1.165, 1.54) is 0 Å². The van der Waals surface area contributed by atoms with Crippen LogP contribution >= 0.6 is 12.4 Å². The Morgan fingerprint density at radius 3 is 2.57 bits per heavy atom. The molecule has 0 bridgehead atoms. The lowest BCUT2D eigenvalue weighted by atomic mass is 9.99. The minimum Gasteiger partial charge on any atom is -0.506 e. The smallest absolute Gasteiger partial charge is 0.345 e. The summed E-state index contributed by atoms with van der Waals surface area (Å²) in [6, 6.07) is 7.84. The number of nitrogens with one attached hydrogen (secondary N) is 2. The van der Waals surface area contributed by atoms with Gasteiger partial charge in [-0.15, -0.1) is 12.4 Å². The van der Waals surface area contributed by atoms with E-state index in [0.29, 0.717) is 17.7 Å². The van der Waals surface area contributed by atoms with Gasteiger partial charge in [0, 0.05) is 35.8 Å². The van der Waals surface area contributed by atoms with Gasteiger partial charge in [-0.2, -0.15) is 0 Å². The minimum atomic E-state index is -1.44. The molecular formula is C20H24ClN3O4. The number of pyridine rings is 1. The number of carbonyl (C=O) groups is 1. The zero-order valence-corrected chi connectivity index (χ0v) is 16.8. The molecule has 0 atom stereocenters. The first-order valence-electron chi connectivity index (χ1n) is 8.89. The van der Waals surface area contributed by atoms with E-state index in [0.717, 1.165) is 35.2 Å². The lowest BCUT2D eigenvalue weighted by molar-refractivity contribution is 0.0691. The van der Waals surface area contributed by atoms with Crippen LogP contribution in [0.4, 0.5) is 0 Å². The van der Waals surface area contributed by atoms with Crippen molar-refractivity contribution in [2.75, 3.05) is 6.54 Å². The highest BCUT2D eigenvalue weighted by Crippen LogP contribution is 2.32. The molecule has 7 nitrogen and oxygen atoms in total. The number of aryl methyl sites for hydroxylation is 1. The van der Waals surface area contributed by atoms with Gasteiger partial charge in [-0.25, -0.2) is 4.79 Å². The van der Waals surface area contributed by atoms with Gasteiger partial charge in [0.25, 0.3) is 5.56 Å². The van der Waals surface area contributed by atoms with Gasteiger partial charge in [-0.05, 0) is 36.7 Å². The van der Waals surface area contributed by atoms with E-state index >= 15 is 0 Å². The van der Waals surface area contributed by atoms with Crippen molar-refractivity contribution in [3.8, 4) is 17.0 Å². The van der Waals surface area contributed by atoms with Gasteiger partial charge in [0.05, 0.1) is 5.69 Å². The van der Waals surface area contributed by atoms with Crippen LogP contribution in [0.2, 0.25) is 0 Å². The number of aromatic carboxylic acids is 1. The molecule has 0 spiro atoms. The maximum atomic E-state index is 12.2. The number of carboxylic acid groups (broad SMARTS) is 1. The van der Waals surface area contributed by atoms with Gasteiger partial charge < -0.3 is 25.1 Å². The summed E-state index contributed by atoms with van der Waals surface area (Å²) in [5.41, 5.74) is 2.34. The van der Waals surface area contributed by atoms with E-state index in [1.54, 1.807) is 6.92 Å². The zero-order valence-electron chi connectivity index (χ0n) is 16.0. The summed E-state index contributed by atoms with van der Waals surface area (Å²) in [6.45, 7) is 5.49. The molecule has 28 heavy (non-hydrogen) atoms. The molecule has 3 rings (SSSR count). The van der Waals surface area contributed by atoms with Crippen LogP contribution < -0.4 is 10.9 Å². The van der Waals surface area contributed by atoms with Crippen molar-refractivity contribution >= 4 is 29.3 Å². The van der Waals surface area contributed by atoms with E-state index in [-0.39, 0.29) is 12.4 Å². The van der Waals surface area contributed by atoms with Crippen molar-refractivity contribution in [1.82, 2.24) is 14.9 Å². The Hall–Kier alpha value is -2.77. The van der Waals surface area contributed by atoms with E-state index < -0.39 is 22.8 Å². The lowest BCUT2D eigenvalue weighted by Crippen LogP contribution is -2.20.